The minimum atomic E-state index is -0.703. The molecule has 2 amide bonds. The number of nitrogens with one attached hydrogen (secondary N) is 2. The van der Waals surface area contributed by atoms with Gasteiger partial charge in [-0.25, -0.2) is 0 Å². The van der Waals surface area contributed by atoms with Crippen molar-refractivity contribution in [2.24, 2.45) is 0 Å². The molecule has 0 unspecified atom stereocenters. The summed E-state index contributed by atoms with van der Waals surface area (Å²) < 4.78 is 0. The molecule has 0 saturated heterocycles. The number of anilines is 1. The van der Waals surface area contributed by atoms with Crippen molar-refractivity contribution in [1.82, 2.24) is 5.32 Å². The summed E-state index contributed by atoms with van der Waals surface area (Å²) in [6, 6.07) is 14.6. The maximum Gasteiger partial charge on any atom is 0.313 e. The number of rotatable bonds is 3. The number of amides is 2. The monoisotopic (exact) mass is 344 g/mol. The smallest absolute Gasteiger partial charge is 0.313 e. The van der Waals surface area contributed by atoms with E-state index in [1.165, 1.54) is 0 Å². The summed E-state index contributed by atoms with van der Waals surface area (Å²) in [5.74, 6) is -1.40. The molecule has 0 bridgehead atoms. The third kappa shape index (κ3) is 4.83. The van der Waals surface area contributed by atoms with Crippen molar-refractivity contribution < 1.29 is 9.59 Å². The zero-order valence-corrected chi connectivity index (χ0v) is 14.8. The predicted octanol–water partition coefficient (Wildman–Crippen LogP) is 3.89. The molecule has 0 radical (unpaired) electrons. The molecule has 0 heterocycles. The molecule has 2 N–H and O–H groups in total. The summed E-state index contributed by atoms with van der Waals surface area (Å²) in [6.45, 7) is 6.54. The molecule has 2 rings (SSSR count). The van der Waals surface area contributed by atoms with Crippen LogP contribution in [-0.4, -0.2) is 11.8 Å². The second kappa shape index (κ2) is 7.49. The lowest BCUT2D eigenvalue weighted by Crippen LogP contribution is -2.35. The maximum atomic E-state index is 11.9. The van der Waals surface area contributed by atoms with Crippen LogP contribution in [0.3, 0.4) is 0 Å². The van der Waals surface area contributed by atoms with Crippen molar-refractivity contribution in [3.05, 3.63) is 64.7 Å². The SMILES string of the molecule is CC(C)(C)c1ccc(NC(=O)C(=O)NCc2ccccc2Cl)cc1. The van der Waals surface area contributed by atoms with Crippen LogP contribution in [0.25, 0.3) is 0 Å². The Balaban J connectivity index is 1.92. The fraction of sp³-hybridized carbons (Fsp3) is 0.263. The molecule has 24 heavy (non-hydrogen) atoms. The molecule has 0 aromatic heterocycles. The quantitative estimate of drug-likeness (QED) is 0.830. The number of benzene rings is 2. The first-order chi connectivity index (χ1) is 11.3. The number of hydrogen-bond acceptors (Lipinski definition) is 2. The van der Waals surface area contributed by atoms with Crippen molar-refractivity contribution in [2.75, 3.05) is 5.32 Å². The maximum absolute atomic E-state index is 11.9. The van der Waals surface area contributed by atoms with Crippen molar-refractivity contribution in [3.63, 3.8) is 0 Å². The van der Waals surface area contributed by atoms with Crippen LogP contribution < -0.4 is 10.6 Å². The molecule has 2 aromatic carbocycles. The van der Waals surface area contributed by atoms with E-state index in [0.29, 0.717) is 10.7 Å². The van der Waals surface area contributed by atoms with Gasteiger partial charge in [-0.3, -0.25) is 9.59 Å². The van der Waals surface area contributed by atoms with Crippen molar-refractivity contribution in [2.45, 2.75) is 32.7 Å². The molecule has 0 aliphatic heterocycles. The lowest BCUT2D eigenvalue weighted by atomic mass is 9.87. The van der Waals surface area contributed by atoms with E-state index in [2.05, 4.69) is 31.4 Å². The Morgan fingerprint density at radius 3 is 2.17 bits per heavy atom. The predicted molar refractivity (Wildman–Crippen MR) is 97.1 cm³/mol. The van der Waals surface area contributed by atoms with Crippen LogP contribution in [0.1, 0.15) is 31.9 Å². The topological polar surface area (TPSA) is 58.2 Å². The van der Waals surface area contributed by atoms with Gasteiger partial charge in [-0.1, -0.05) is 62.7 Å². The van der Waals surface area contributed by atoms with Gasteiger partial charge in [0.1, 0.15) is 0 Å². The number of carbonyl (C=O) groups excluding carboxylic acids is 2. The van der Waals surface area contributed by atoms with E-state index in [-0.39, 0.29) is 12.0 Å². The van der Waals surface area contributed by atoms with Crippen LogP contribution in [0.5, 0.6) is 0 Å². The number of hydrogen-bond donors (Lipinski definition) is 2. The van der Waals surface area contributed by atoms with Gasteiger partial charge in [-0.05, 0) is 34.7 Å². The van der Waals surface area contributed by atoms with Crippen LogP contribution in [0, 0.1) is 0 Å². The zero-order valence-electron chi connectivity index (χ0n) is 14.0. The first-order valence-corrected chi connectivity index (χ1v) is 8.08. The second-order valence-corrected chi connectivity index (χ2v) is 6.96. The van der Waals surface area contributed by atoms with E-state index >= 15 is 0 Å². The highest BCUT2D eigenvalue weighted by molar-refractivity contribution is 6.39. The molecule has 0 aliphatic carbocycles. The lowest BCUT2D eigenvalue weighted by Gasteiger charge is -2.19. The molecule has 0 aliphatic rings. The second-order valence-electron chi connectivity index (χ2n) is 6.56. The Morgan fingerprint density at radius 1 is 0.958 bits per heavy atom. The van der Waals surface area contributed by atoms with Crippen molar-refractivity contribution in [3.8, 4) is 0 Å². The molecule has 0 fully saturated rings. The molecular weight excluding hydrogens is 324 g/mol. The summed E-state index contributed by atoms with van der Waals surface area (Å²) >= 11 is 6.02. The van der Waals surface area contributed by atoms with E-state index in [0.717, 1.165) is 11.1 Å². The largest absolute Gasteiger partial charge is 0.344 e. The summed E-state index contributed by atoms with van der Waals surface area (Å²) in [4.78, 5) is 23.8. The van der Waals surface area contributed by atoms with E-state index in [1.807, 2.05) is 24.3 Å². The first kappa shape index (κ1) is 18.0. The molecule has 5 heteroatoms. The van der Waals surface area contributed by atoms with Gasteiger partial charge in [0.05, 0.1) is 0 Å². The van der Waals surface area contributed by atoms with Crippen LogP contribution >= 0.6 is 11.6 Å². The highest BCUT2D eigenvalue weighted by atomic mass is 35.5. The molecular formula is C19H21ClN2O2. The fourth-order valence-corrected chi connectivity index (χ4v) is 2.34. The van der Waals surface area contributed by atoms with Gasteiger partial charge in [0, 0.05) is 17.3 Å². The highest BCUT2D eigenvalue weighted by Crippen LogP contribution is 2.23. The Morgan fingerprint density at radius 2 is 1.58 bits per heavy atom. The normalized spacial score (nSPS) is 11.0. The van der Waals surface area contributed by atoms with Crippen LogP contribution in [0.15, 0.2) is 48.5 Å². The minimum Gasteiger partial charge on any atom is -0.344 e. The third-order valence-corrected chi connectivity index (χ3v) is 3.98. The minimum absolute atomic E-state index is 0.0366. The Hall–Kier alpha value is -2.33. The standard InChI is InChI=1S/C19H21ClN2O2/c1-19(2,3)14-8-10-15(11-9-14)22-18(24)17(23)21-12-13-6-4-5-7-16(13)20/h4-11H,12H2,1-3H3,(H,21,23)(H,22,24). The average molecular weight is 345 g/mol. The van der Waals surface area contributed by atoms with Gasteiger partial charge in [-0.15, -0.1) is 0 Å². The molecule has 126 valence electrons. The van der Waals surface area contributed by atoms with Crippen LogP contribution in [0.4, 0.5) is 5.69 Å². The molecule has 4 nitrogen and oxygen atoms in total. The average Bonchev–Trinajstić information content (AvgIpc) is 2.53. The van der Waals surface area contributed by atoms with Gasteiger partial charge in [0.25, 0.3) is 0 Å². The fourth-order valence-electron chi connectivity index (χ4n) is 2.14. The van der Waals surface area contributed by atoms with Gasteiger partial charge in [0.15, 0.2) is 0 Å². The first-order valence-electron chi connectivity index (χ1n) is 7.70. The van der Waals surface area contributed by atoms with Gasteiger partial charge < -0.3 is 10.6 Å². The molecule has 2 aromatic rings. The van der Waals surface area contributed by atoms with E-state index in [1.54, 1.807) is 24.3 Å². The Bertz CT molecular complexity index is 734. The lowest BCUT2D eigenvalue weighted by molar-refractivity contribution is -0.136. The summed E-state index contributed by atoms with van der Waals surface area (Å²) in [5.41, 5.74) is 2.54. The summed E-state index contributed by atoms with van der Waals surface area (Å²) in [5, 5.41) is 5.70. The third-order valence-electron chi connectivity index (χ3n) is 3.61. The summed E-state index contributed by atoms with van der Waals surface area (Å²) in [6.07, 6.45) is 0. The Kier molecular flexibility index (Phi) is 5.62. The van der Waals surface area contributed by atoms with Crippen LogP contribution in [0.2, 0.25) is 5.02 Å². The Labute approximate surface area is 147 Å². The van der Waals surface area contributed by atoms with Crippen molar-refractivity contribution in [1.29, 1.82) is 0 Å². The van der Waals surface area contributed by atoms with E-state index < -0.39 is 11.8 Å². The number of carbonyl (C=O) groups is 2. The highest BCUT2D eigenvalue weighted by Gasteiger charge is 2.16. The van der Waals surface area contributed by atoms with Gasteiger partial charge in [0.2, 0.25) is 0 Å². The molecule has 0 saturated carbocycles. The van der Waals surface area contributed by atoms with Crippen LogP contribution in [-0.2, 0) is 21.5 Å². The molecule has 0 atom stereocenters. The molecule has 0 spiro atoms. The number of halogens is 1. The van der Waals surface area contributed by atoms with Gasteiger partial charge >= 0.3 is 11.8 Å². The van der Waals surface area contributed by atoms with E-state index in [4.69, 9.17) is 11.6 Å². The van der Waals surface area contributed by atoms with Gasteiger partial charge in [-0.2, -0.15) is 0 Å². The van der Waals surface area contributed by atoms with Crippen molar-refractivity contribution >= 4 is 29.1 Å². The zero-order chi connectivity index (χ0) is 17.7. The van der Waals surface area contributed by atoms with E-state index in [9.17, 15) is 9.59 Å². The summed E-state index contributed by atoms with van der Waals surface area (Å²) in [7, 11) is 0.